The van der Waals surface area contributed by atoms with E-state index in [0.717, 1.165) is 47.7 Å². The number of hydrogen-bond acceptors (Lipinski definition) is 4. The van der Waals surface area contributed by atoms with E-state index in [9.17, 15) is 9.59 Å². The summed E-state index contributed by atoms with van der Waals surface area (Å²) in [5.74, 6) is -0.231. The molecule has 1 spiro atoms. The summed E-state index contributed by atoms with van der Waals surface area (Å²) in [6.07, 6.45) is 5.07. The lowest BCUT2D eigenvalue weighted by Gasteiger charge is -2.58. The first kappa shape index (κ1) is 19.7. The molecule has 6 rings (SSSR count). The quantitative estimate of drug-likeness (QED) is 0.492. The Hall–Kier alpha value is -3.94. The highest BCUT2D eigenvalue weighted by Crippen LogP contribution is 2.54. The SMILES string of the molecule is C=CC(=O)N1CC2(CC(n3nc(C(=O)Nc4ccc5c(cnn5C)c4)c4ccccc43)C2)C1. The van der Waals surface area contributed by atoms with Gasteiger partial charge in [0.1, 0.15) is 0 Å². The number of hydrogen-bond donors (Lipinski definition) is 1. The van der Waals surface area contributed by atoms with Gasteiger partial charge in [0.2, 0.25) is 5.91 Å². The van der Waals surface area contributed by atoms with Crippen LogP contribution >= 0.6 is 0 Å². The van der Waals surface area contributed by atoms with Crippen molar-refractivity contribution in [1.29, 1.82) is 0 Å². The van der Waals surface area contributed by atoms with Gasteiger partial charge in [0.05, 0.1) is 23.3 Å². The molecule has 3 heterocycles. The molecule has 2 aromatic heterocycles. The Morgan fingerprint density at radius 2 is 1.94 bits per heavy atom. The van der Waals surface area contributed by atoms with E-state index in [-0.39, 0.29) is 23.3 Å². The van der Waals surface area contributed by atoms with Gasteiger partial charge in [-0.3, -0.25) is 19.0 Å². The van der Waals surface area contributed by atoms with E-state index in [1.54, 1.807) is 10.9 Å². The largest absolute Gasteiger partial charge is 0.338 e. The van der Waals surface area contributed by atoms with Gasteiger partial charge in [-0.15, -0.1) is 0 Å². The third kappa shape index (κ3) is 3.05. The number of anilines is 1. The average molecular weight is 441 g/mol. The Balaban J connectivity index is 1.24. The second kappa shape index (κ2) is 7.03. The molecule has 2 aliphatic rings. The van der Waals surface area contributed by atoms with Crippen molar-refractivity contribution in [2.75, 3.05) is 18.4 Å². The predicted molar refractivity (Wildman–Crippen MR) is 126 cm³/mol. The fourth-order valence-corrected chi connectivity index (χ4v) is 5.39. The fraction of sp³-hybridized carbons (Fsp3) is 0.280. The van der Waals surface area contributed by atoms with Crippen molar-refractivity contribution in [3.63, 3.8) is 0 Å². The summed E-state index contributed by atoms with van der Waals surface area (Å²) in [4.78, 5) is 26.8. The fourth-order valence-electron chi connectivity index (χ4n) is 5.39. The second-order valence-corrected chi connectivity index (χ2v) is 9.27. The van der Waals surface area contributed by atoms with E-state index in [1.165, 1.54) is 6.08 Å². The smallest absolute Gasteiger partial charge is 0.276 e. The number of nitrogens with zero attached hydrogens (tertiary/aromatic N) is 5. The van der Waals surface area contributed by atoms with Crippen LogP contribution in [0.5, 0.6) is 0 Å². The van der Waals surface area contributed by atoms with Crippen LogP contribution in [0.4, 0.5) is 5.69 Å². The van der Waals surface area contributed by atoms with Crippen molar-refractivity contribution >= 4 is 39.3 Å². The van der Waals surface area contributed by atoms with Gasteiger partial charge in [-0.25, -0.2) is 0 Å². The van der Waals surface area contributed by atoms with Gasteiger partial charge in [0, 0.05) is 42.0 Å². The lowest BCUT2D eigenvalue weighted by Crippen LogP contribution is -2.63. The molecule has 0 bridgehead atoms. The van der Waals surface area contributed by atoms with E-state index in [0.29, 0.717) is 11.4 Å². The molecule has 2 amide bonds. The Morgan fingerprint density at radius 1 is 1.15 bits per heavy atom. The second-order valence-electron chi connectivity index (χ2n) is 9.27. The van der Waals surface area contributed by atoms with Crippen molar-refractivity contribution < 1.29 is 9.59 Å². The number of carbonyl (C=O) groups is 2. The summed E-state index contributed by atoms with van der Waals surface area (Å²) >= 11 is 0. The molecule has 1 N–H and O–H groups in total. The first-order valence-corrected chi connectivity index (χ1v) is 11.1. The number of carbonyl (C=O) groups excluding carboxylic acids is 2. The molecule has 1 saturated carbocycles. The molecule has 166 valence electrons. The van der Waals surface area contributed by atoms with Crippen LogP contribution in [0.1, 0.15) is 29.4 Å². The van der Waals surface area contributed by atoms with E-state index in [2.05, 4.69) is 17.0 Å². The van der Waals surface area contributed by atoms with Crippen molar-refractivity contribution in [3.8, 4) is 0 Å². The third-order valence-electron chi connectivity index (χ3n) is 7.05. The van der Waals surface area contributed by atoms with Gasteiger partial charge in [-0.05, 0) is 43.2 Å². The molecule has 8 nitrogen and oxygen atoms in total. The molecule has 0 radical (unpaired) electrons. The minimum Gasteiger partial charge on any atom is -0.338 e. The Kier molecular flexibility index (Phi) is 4.20. The highest BCUT2D eigenvalue weighted by molar-refractivity contribution is 6.11. The van der Waals surface area contributed by atoms with Crippen molar-refractivity contribution in [1.82, 2.24) is 24.5 Å². The summed E-state index contributed by atoms with van der Waals surface area (Å²) in [7, 11) is 1.89. The zero-order chi connectivity index (χ0) is 22.7. The maximum absolute atomic E-state index is 13.2. The van der Waals surface area contributed by atoms with Crippen LogP contribution in [0.15, 0.2) is 61.3 Å². The predicted octanol–water partition coefficient (Wildman–Crippen LogP) is 3.52. The molecule has 1 aliphatic heterocycles. The number of likely N-dealkylation sites (tertiary alicyclic amines) is 1. The minimum absolute atomic E-state index is 0.00274. The van der Waals surface area contributed by atoms with E-state index >= 15 is 0 Å². The number of fused-ring (bicyclic) bond motifs is 2. The maximum atomic E-state index is 13.2. The van der Waals surface area contributed by atoms with Gasteiger partial charge in [0.15, 0.2) is 5.69 Å². The number of aryl methyl sites for hydroxylation is 1. The van der Waals surface area contributed by atoms with Crippen LogP contribution in [-0.4, -0.2) is 49.4 Å². The molecule has 2 fully saturated rings. The number of amides is 2. The molecule has 8 heteroatoms. The Bertz CT molecular complexity index is 1430. The third-order valence-corrected chi connectivity index (χ3v) is 7.05. The van der Waals surface area contributed by atoms with Crippen molar-refractivity contribution in [2.45, 2.75) is 18.9 Å². The number of benzene rings is 2. The van der Waals surface area contributed by atoms with Gasteiger partial charge >= 0.3 is 0 Å². The normalized spacial score (nSPS) is 17.2. The lowest BCUT2D eigenvalue weighted by atomic mass is 9.60. The van der Waals surface area contributed by atoms with Crippen LogP contribution in [-0.2, 0) is 11.8 Å². The van der Waals surface area contributed by atoms with Crippen LogP contribution in [0.3, 0.4) is 0 Å². The minimum atomic E-state index is -0.228. The number of rotatable bonds is 4. The summed E-state index contributed by atoms with van der Waals surface area (Å²) in [5, 5.41) is 13.8. The van der Waals surface area contributed by atoms with E-state index in [1.807, 2.05) is 59.1 Å². The molecule has 0 atom stereocenters. The molecule has 33 heavy (non-hydrogen) atoms. The molecule has 0 unspecified atom stereocenters. The van der Waals surface area contributed by atoms with Gasteiger partial charge in [0.25, 0.3) is 5.91 Å². The number of aromatic nitrogens is 4. The number of para-hydroxylation sites is 1. The van der Waals surface area contributed by atoms with E-state index < -0.39 is 0 Å². The van der Waals surface area contributed by atoms with Crippen LogP contribution < -0.4 is 5.32 Å². The molecular formula is C25H24N6O2. The highest BCUT2D eigenvalue weighted by atomic mass is 16.2. The highest BCUT2D eigenvalue weighted by Gasteiger charge is 2.54. The van der Waals surface area contributed by atoms with Crippen molar-refractivity contribution in [3.05, 3.63) is 67.0 Å². The summed E-state index contributed by atoms with van der Waals surface area (Å²) in [5.41, 5.74) is 3.28. The molecule has 1 aliphatic carbocycles. The number of nitrogens with one attached hydrogen (secondary N) is 1. The first-order chi connectivity index (χ1) is 16.0. The molecule has 2 aromatic carbocycles. The molecule has 1 saturated heterocycles. The molecule has 4 aromatic rings. The summed E-state index contributed by atoms with van der Waals surface area (Å²) in [6.45, 7) is 5.12. The average Bonchev–Trinajstić information content (AvgIpc) is 3.32. The molecular weight excluding hydrogens is 416 g/mol. The standard InChI is InChI=1S/C25H24N6O2/c1-3-22(32)30-14-25(15-30)11-18(12-25)31-21-7-5-4-6-19(21)23(28-31)24(33)27-17-8-9-20-16(10-17)13-26-29(20)2/h3-10,13,18H,1,11-12,14-15H2,2H3,(H,27,33). The lowest BCUT2D eigenvalue weighted by molar-refractivity contribution is -0.148. The van der Waals surface area contributed by atoms with Gasteiger partial charge in [-0.2, -0.15) is 10.2 Å². The summed E-state index contributed by atoms with van der Waals surface area (Å²) < 4.78 is 3.80. The zero-order valence-corrected chi connectivity index (χ0v) is 18.4. The van der Waals surface area contributed by atoms with Crippen LogP contribution in [0.25, 0.3) is 21.8 Å². The van der Waals surface area contributed by atoms with Gasteiger partial charge in [-0.1, -0.05) is 24.8 Å². The zero-order valence-electron chi connectivity index (χ0n) is 18.4. The maximum Gasteiger partial charge on any atom is 0.276 e. The van der Waals surface area contributed by atoms with E-state index in [4.69, 9.17) is 5.10 Å². The topological polar surface area (TPSA) is 85.1 Å². The summed E-state index contributed by atoms with van der Waals surface area (Å²) in [6, 6.07) is 13.8. The van der Waals surface area contributed by atoms with Gasteiger partial charge < -0.3 is 10.2 Å². The first-order valence-electron chi connectivity index (χ1n) is 11.1. The van der Waals surface area contributed by atoms with Crippen molar-refractivity contribution in [2.24, 2.45) is 12.5 Å². The Labute approximate surface area is 190 Å². The van der Waals surface area contributed by atoms with Crippen LogP contribution in [0, 0.1) is 5.41 Å². The van der Waals surface area contributed by atoms with Crippen LogP contribution in [0.2, 0.25) is 0 Å². The monoisotopic (exact) mass is 440 g/mol. The Morgan fingerprint density at radius 3 is 2.73 bits per heavy atom.